The van der Waals surface area contributed by atoms with Crippen molar-refractivity contribution in [3.05, 3.63) is 75.7 Å². The second-order valence-corrected chi connectivity index (χ2v) is 6.92. The third kappa shape index (κ3) is 3.59. The molecule has 4 nitrogen and oxygen atoms in total. The van der Waals surface area contributed by atoms with Gasteiger partial charge < -0.3 is 10.4 Å². The van der Waals surface area contributed by atoms with Crippen molar-refractivity contribution in [2.24, 2.45) is 0 Å². The van der Waals surface area contributed by atoms with Gasteiger partial charge in [-0.2, -0.15) is 0 Å². The predicted octanol–water partition coefficient (Wildman–Crippen LogP) is 5.26. The molecule has 27 heavy (non-hydrogen) atoms. The Balaban J connectivity index is 2.03. The van der Waals surface area contributed by atoms with Crippen molar-refractivity contribution in [2.45, 2.75) is 13.8 Å². The summed E-state index contributed by atoms with van der Waals surface area (Å²) < 4.78 is 28.2. The summed E-state index contributed by atoms with van der Waals surface area (Å²) in [6.07, 6.45) is 0. The van der Waals surface area contributed by atoms with Gasteiger partial charge in [0.05, 0.1) is 0 Å². The number of amides is 1. The van der Waals surface area contributed by atoms with Crippen molar-refractivity contribution in [1.82, 2.24) is 0 Å². The second-order valence-electron chi connectivity index (χ2n) is 6.04. The Morgan fingerprint density at radius 2 is 1.78 bits per heavy atom. The van der Waals surface area contributed by atoms with E-state index in [2.05, 4.69) is 5.32 Å². The van der Waals surface area contributed by atoms with Gasteiger partial charge in [0.1, 0.15) is 10.6 Å². The van der Waals surface area contributed by atoms with E-state index in [1.54, 1.807) is 18.2 Å². The van der Waals surface area contributed by atoms with Crippen molar-refractivity contribution in [2.75, 3.05) is 5.32 Å². The zero-order valence-corrected chi connectivity index (χ0v) is 15.3. The van der Waals surface area contributed by atoms with E-state index in [-0.39, 0.29) is 27.3 Å². The van der Waals surface area contributed by atoms with Gasteiger partial charge in [0, 0.05) is 22.1 Å². The van der Waals surface area contributed by atoms with Crippen molar-refractivity contribution in [1.29, 1.82) is 0 Å². The van der Waals surface area contributed by atoms with E-state index in [9.17, 15) is 23.5 Å². The summed E-state index contributed by atoms with van der Waals surface area (Å²) in [6, 6.07) is 9.52. The molecule has 0 radical (unpaired) electrons. The summed E-state index contributed by atoms with van der Waals surface area (Å²) in [4.78, 5) is 24.2. The molecule has 1 amide bonds. The lowest BCUT2D eigenvalue weighted by Gasteiger charge is -2.08. The quantitative estimate of drug-likeness (QED) is 0.642. The lowest BCUT2D eigenvalue weighted by molar-refractivity contribution is 0.0699. The van der Waals surface area contributed by atoms with Crippen LogP contribution in [0.4, 0.5) is 13.8 Å². The fourth-order valence-electron chi connectivity index (χ4n) is 2.68. The number of halogens is 2. The molecule has 2 N–H and O–H groups in total. The summed E-state index contributed by atoms with van der Waals surface area (Å²) in [5.74, 6) is -3.97. The van der Waals surface area contributed by atoms with Crippen molar-refractivity contribution in [3.63, 3.8) is 0 Å². The second kappa shape index (κ2) is 7.28. The number of hydrogen-bond acceptors (Lipinski definition) is 3. The largest absolute Gasteiger partial charge is 0.478 e. The smallest absolute Gasteiger partial charge is 0.339 e. The normalized spacial score (nSPS) is 10.7. The Hall–Kier alpha value is -3.06. The zero-order valence-electron chi connectivity index (χ0n) is 14.5. The Labute approximate surface area is 158 Å². The summed E-state index contributed by atoms with van der Waals surface area (Å²) in [6.45, 7) is 3.25. The molecule has 0 spiro atoms. The minimum atomic E-state index is -1.34. The molecule has 1 aromatic heterocycles. The average molecular weight is 387 g/mol. The van der Waals surface area contributed by atoms with Crippen LogP contribution in [0, 0.1) is 25.5 Å². The lowest BCUT2D eigenvalue weighted by atomic mass is 10.0. The number of hydrogen-bond donors (Lipinski definition) is 2. The molecule has 0 atom stereocenters. The van der Waals surface area contributed by atoms with Gasteiger partial charge in [0.2, 0.25) is 0 Å². The maximum atomic E-state index is 14.3. The van der Waals surface area contributed by atoms with Crippen LogP contribution in [0.15, 0.2) is 41.8 Å². The van der Waals surface area contributed by atoms with Gasteiger partial charge in [-0.05, 0) is 31.5 Å². The molecule has 0 fully saturated rings. The van der Waals surface area contributed by atoms with Gasteiger partial charge in [-0.25, -0.2) is 13.6 Å². The van der Waals surface area contributed by atoms with Gasteiger partial charge in [-0.15, -0.1) is 11.3 Å². The first-order chi connectivity index (χ1) is 12.8. The van der Waals surface area contributed by atoms with E-state index in [0.717, 1.165) is 16.9 Å². The summed E-state index contributed by atoms with van der Waals surface area (Å²) in [5, 5.41) is 13.6. The van der Waals surface area contributed by atoms with Crippen LogP contribution in [0.2, 0.25) is 0 Å². The van der Waals surface area contributed by atoms with E-state index >= 15 is 0 Å². The van der Waals surface area contributed by atoms with Crippen LogP contribution in [0.5, 0.6) is 0 Å². The zero-order chi connectivity index (χ0) is 19.7. The SMILES string of the molecule is Cc1cccc(C(=O)Nc2scc(-c3ccc(C)c(F)c3F)c2C(=O)O)c1. The van der Waals surface area contributed by atoms with Crippen molar-refractivity contribution < 1.29 is 23.5 Å². The standard InChI is InChI=1S/C20H15F2NO3S/c1-10-4-3-5-12(8-10)18(24)23-19-15(20(25)26)14(9-27-19)13-7-6-11(2)16(21)17(13)22/h3-9H,1-2H3,(H,23,24)(H,25,26). The molecule has 7 heteroatoms. The summed E-state index contributed by atoms with van der Waals surface area (Å²) in [7, 11) is 0. The molecular weight excluding hydrogens is 372 g/mol. The monoisotopic (exact) mass is 387 g/mol. The number of carbonyl (C=O) groups is 2. The molecule has 0 aliphatic carbocycles. The highest BCUT2D eigenvalue weighted by molar-refractivity contribution is 7.15. The topological polar surface area (TPSA) is 66.4 Å². The summed E-state index contributed by atoms with van der Waals surface area (Å²) >= 11 is 0.943. The summed E-state index contributed by atoms with van der Waals surface area (Å²) in [5.41, 5.74) is 0.949. The van der Waals surface area contributed by atoms with E-state index in [1.807, 2.05) is 13.0 Å². The molecule has 3 rings (SSSR count). The van der Waals surface area contributed by atoms with E-state index in [1.165, 1.54) is 24.4 Å². The molecular formula is C20H15F2NO3S. The molecule has 0 aliphatic rings. The third-order valence-corrected chi connectivity index (χ3v) is 4.97. The minimum Gasteiger partial charge on any atom is -0.478 e. The molecule has 3 aromatic rings. The fourth-order valence-corrected chi connectivity index (χ4v) is 3.62. The number of carboxylic acid groups (broad SMARTS) is 1. The van der Waals surface area contributed by atoms with Crippen LogP contribution < -0.4 is 5.32 Å². The number of carbonyl (C=O) groups excluding carboxylic acids is 1. The van der Waals surface area contributed by atoms with E-state index < -0.39 is 23.5 Å². The highest BCUT2D eigenvalue weighted by atomic mass is 32.1. The number of benzene rings is 2. The Bertz CT molecular complexity index is 1060. The Morgan fingerprint density at radius 1 is 1.04 bits per heavy atom. The molecule has 0 saturated heterocycles. The van der Waals surface area contributed by atoms with Crippen LogP contribution in [-0.4, -0.2) is 17.0 Å². The average Bonchev–Trinajstić information content (AvgIpc) is 3.03. The van der Waals surface area contributed by atoms with Crippen LogP contribution in [-0.2, 0) is 0 Å². The predicted molar refractivity (Wildman–Crippen MR) is 100 cm³/mol. The Kier molecular flexibility index (Phi) is 5.05. The van der Waals surface area contributed by atoms with Gasteiger partial charge in [0.15, 0.2) is 11.6 Å². The highest BCUT2D eigenvalue weighted by Gasteiger charge is 2.24. The molecule has 1 heterocycles. The number of aromatic carboxylic acids is 1. The molecule has 2 aromatic carbocycles. The molecule has 0 saturated carbocycles. The molecule has 0 unspecified atom stereocenters. The maximum Gasteiger partial charge on any atom is 0.339 e. The number of aryl methyl sites for hydroxylation is 2. The number of thiophene rings is 1. The van der Waals surface area contributed by atoms with Gasteiger partial charge >= 0.3 is 5.97 Å². The maximum absolute atomic E-state index is 14.3. The number of anilines is 1. The van der Waals surface area contributed by atoms with Crippen LogP contribution >= 0.6 is 11.3 Å². The first-order valence-electron chi connectivity index (χ1n) is 7.97. The van der Waals surface area contributed by atoms with Gasteiger partial charge in [0.25, 0.3) is 5.91 Å². The first-order valence-corrected chi connectivity index (χ1v) is 8.85. The minimum absolute atomic E-state index is 0.0171. The highest BCUT2D eigenvalue weighted by Crippen LogP contribution is 2.38. The van der Waals surface area contributed by atoms with Crippen LogP contribution in [0.25, 0.3) is 11.1 Å². The molecule has 138 valence electrons. The molecule has 0 aliphatic heterocycles. The van der Waals surface area contributed by atoms with E-state index in [0.29, 0.717) is 5.56 Å². The fraction of sp³-hybridized carbons (Fsp3) is 0.100. The number of carboxylic acids is 1. The molecule has 0 bridgehead atoms. The van der Waals surface area contributed by atoms with Crippen molar-refractivity contribution in [3.8, 4) is 11.1 Å². The van der Waals surface area contributed by atoms with E-state index in [4.69, 9.17) is 0 Å². The third-order valence-electron chi connectivity index (χ3n) is 4.08. The Morgan fingerprint density at radius 3 is 2.44 bits per heavy atom. The van der Waals surface area contributed by atoms with Gasteiger partial charge in [-0.3, -0.25) is 4.79 Å². The number of nitrogens with one attached hydrogen (secondary N) is 1. The first kappa shape index (κ1) is 18.7. The van der Waals surface area contributed by atoms with Crippen LogP contribution in [0.1, 0.15) is 31.8 Å². The lowest BCUT2D eigenvalue weighted by Crippen LogP contribution is -2.13. The number of rotatable bonds is 4. The van der Waals surface area contributed by atoms with Crippen molar-refractivity contribution >= 4 is 28.2 Å². The van der Waals surface area contributed by atoms with Crippen LogP contribution in [0.3, 0.4) is 0 Å². The van der Waals surface area contributed by atoms with Gasteiger partial charge in [-0.1, -0.05) is 29.8 Å².